The number of ether oxygens (including phenoxy) is 2. The van der Waals surface area contributed by atoms with E-state index in [0.717, 1.165) is 75.2 Å². The number of nitrogens with zero attached hydrogens (tertiary/aromatic N) is 7. The molecule has 5 aromatic rings. The van der Waals surface area contributed by atoms with E-state index in [2.05, 4.69) is 78.9 Å². The minimum atomic E-state index is 0.679. The largest absolute Gasteiger partial charge is 0.497 e. The predicted octanol–water partition coefficient (Wildman–Crippen LogP) is 5.65. The first-order chi connectivity index (χ1) is 22.1. The number of anilines is 3. The third-order valence-electron chi connectivity index (χ3n) is 7.36. The van der Waals surface area contributed by atoms with Crippen LogP contribution >= 0.6 is 0 Å². The molecular weight excluding hydrogens is 564 g/mol. The van der Waals surface area contributed by atoms with Crippen LogP contribution in [0.2, 0.25) is 0 Å². The fraction of sp³-hybridized carbons (Fsp3) is 0.314. The minimum Gasteiger partial charge on any atom is -0.497 e. The number of morpholine rings is 1. The molecule has 3 aromatic carbocycles. The lowest BCUT2D eigenvalue weighted by Crippen LogP contribution is -2.37. The second-order valence-corrected chi connectivity index (χ2v) is 10.8. The third kappa shape index (κ3) is 9.51. The summed E-state index contributed by atoms with van der Waals surface area (Å²) in [6, 6.07) is 28.6. The van der Waals surface area contributed by atoms with E-state index in [1.807, 2.05) is 67.3 Å². The maximum absolute atomic E-state index is 5.38. The van der Waals surface area contributed by atoms with Gasteiger partial charge in [0.05, 0.1) is 20.3 Å². The number of methoxy groups -OCH3 is 1. The van der Waals surface area contributed by atoms with E-state index in [4.69, 9.17) is 9.47 Å². The van der Waals surface area contributed by atoms with Gasteiger partial charge in [0.1, 0.15) is 5.75 Å². The Morgan fingerprint density at radius 2 is 1.56 bits per heavy atom. The van der Waals surface area contributed by atoms with Crippen molar-refractivity contribution in [2.24, 2.45) is 14.1 Å². The first-order valence-corrected chi connectivity index (χ1v) is 15.4. The fourth-order valence-electron chi connectivity index (χ4n) is 5.00. The molecule has 0 saturated carbocycles. The SMILES string of the molecule is COc1cccc(Nc2nc(/C=C/Cc3ccccc3)nn2C)c1.Cn1nc(CCCc2ccccc2)nc1N1CCOCC1. The van der Waals surface area contributed by atoms with Crippen molar-refractivity contribution in [1.82, 2.24) is 29.5 Å². The lowest BCUT2D eigenvalue weighted by atomic mass is 10.1. The zero-order valence-electron chi connectivity index (χ0n) is 26.3. The molecule has 1 N–H and O–H groups in total. The number of hydrogen-bond donors (Lipinski definition) is 1. The van der Waals surface area contributed by atoms with Crippen LogP contribution in [0.5, 0.6) is 5.75 Å². The number of hydrogen-bond acceptors (Lipinski definition) is 8. The highest BCUT2D eigenvalue weighted by atomic mass is 16.5. The number of rotatable bonds is 11. The van der Waals surface area contributed by atoms with Crippen LogP contribution in [0.4, 0.5) is 17.6 Å². The van der Waals surface area contributed by atoms with Gasteiger partial charge in [0, 0.05) is 45.4 Å². The lowest BCUT2D eigenvalue weighted by Gasteiger charge is -2.26. The first-order valence-electron chi connectivity index (χ1n) is 15.4. The predicted molar refractivity (Wildman–Crippen MR) is 179 cm³/mol. The Balaban J connectivity index is 0.000000179. The van der Waals surface area contributed by atoms with Crippen molar-refractivity contribution >= 4 is 23.7 Å². The van der Waals surface area contributed by atoms with Crippen LogP contribution in [0.25, 0.3) is 6.08 Å². The molecule has 0 bridgehead atoms. The molecule has 10 heteroatoms. The molecule has 0 amide bonds. The van der Waals surface area contributed by atoms with E-state index in [1.165, 1.54) is 11.1 Å². The number of aryl methyl sites for hydroxylation is 4. The van der Waals surface area contributed by atoms with Crippen molar-refractivity contribution in [1.29, 1.82) is 0 Å². The van der Waals surface area contributed by atoms with Crippen LogP contribution in [0.3, 0.4) is 0 Å². The van der Waals surface area contributed by atoms with Crippen molar-refractivity contribution in [3.63, 3.8) is 0 Å². The molecule has 1 fully saturated rings. The Kier molecular flexibility index (Phi) is 11.3. The van der Waals surface area contributed by atoms with Crippen molar-refractivity contribution < 1.29 is 9.47 Å². The van der Waals surface area contributed by atoms with Gasteiger partial charge >= 0.3 is 0 Å². The molecule has 10 nitrogen and oxygen atoms in total. The average Bonchev–Trinajstić information content (AvgIpc) is 3.63. The van der Waals surface area contributed by atoms with Gasteiger partial charge in [-0.05, 0) is 48.6 Å². The van der Waals surface area contributed by atoms with Crippen LogP contribution < -0.4 is 15.0 Å². The second kappa shape index (κ2) is 16.2. The van der Waals surface area contributed by atoms with Crippen molar-refractivity contribution in [2.75, 3.05) is 43.6 Å². The minimum absolute atomic E-state index is 0.679. The third-order valence-corrected chi connectivity index (χ3v) is 7.36. The van der Waals surface area contributed by atoms with E-state index in [0.29, 0.717) is 11.8 Å². The molecule has 2 aromatic heterocycles. The lowest BCUT2D eigenvalue weighted by molar-refractivity contribution is 0.121. The van der Waals surface area contributed by atoms with Gasteiger partial charge in [-0.15, -0.1) is 0 Å². The molecule has 0 atom stereocenters. The molecule has 3 heterocycles. The highest BCUT2D eigenvalue weighted by molar-refractivity contribution is 5.57. The topological polar surface area (TPSA) is 95.1 Å². The van der Waals surface area contributed by atoms with E-state index < -0.39 is 0 Å². The summed E-state index contributed by atoms with van der Waals surface area (Å²) in [5.74, 6) is 4.06. The van der Waals surface area contributed by atoms with E-state index in [-0.39, 0.29) is 0 Å². The van der Waals surface area contributed by atoms with Gasteiger partial charge in [-0.25, -0.2) is 9.36 Å². The summed E-state index contributed by atoms with van der Waals surface area (Å²) in [5.41, 5.74) is 3.55. The molecule has 0 unspecified atom stereocenters. The van der Waals surface area contributed by atoms with Crippen LogP contribution in [-0.2, 0) is 38.1 Å². The Morgan fingerprint density at radius 3 is 2.29 bits per heavy atom. The summed E-state index contributed by atoms with van der Waals surface area (Å²) in [6.45, 7) is 3.35. The Morgan fingerprint density at radius 1 is 0.822 bits per heavy atom. The van der Waals surface area contributed by atoms with Crippen molar-refractivity contribution in [3.8, 4) is 5.75 Å². The summed E-state index contributed by atoms with van der Waals surface area (Å²) >= 11 is 0. The quantitative estimate of drug-likeness (QED) is 0.206. The number of benzene rings is 3. The van der Waals surface area contributed by atoms with Gasteiger partial charge in [0.25, 0.3) is 0 Å². The average molecular weight is 607 g/mol. The van der Waals surface area contributed by atoms with Gasteiger partial charge in [-0.2, -0.15) is 20.2 Å². The highest BCUT2D eigenvalue weighted by Crippen LogP contribution is 2.20. The molecule has 45 heavy (non-hydrogen) atoms. The molecule has 0 spiro atoms. The maximum Gasteiger partial charge on any atom is 0.225 e. The van der Waals surface area contributed by atoms with Crippen LogP contribution in [0, 0.1) is 0 Å². The number of allylic oxidation sites excluding steroid dienone is 1. The fourth-order valence-corrected chi connectivity index (χ4v) is 5.00. The van der Waals surface area contributed by atoms with E-state index in [9.17, 15) is 0 Å². The summed E-state index contributed by atoms with van der Waals surface area (Å²) < 4.78 is 14.2. The summed E-state index contributed by atoms with van der Waals surface area (Å²) in [6.07, 6.45) is 7.94. The molecule has 1 aliphatic heterocycles. The summed E-state index contributed by atoms with van der Waals surface area (Å²) in [5, 5.41) is 12.2. The number of nitrogens with one attached hydrogen (secondary N) is 1. The van der Waals surface area contributed by atoms with Crippen LogP contribution in [0.1, 0.15) is 29.2 Å². The number of aromatic nitrogens is 6. The van der Waals surface area contributed by atoms with Crippen molar-refractivity contribution in [3.05, 3.63) is 114 Å². The van der Waals surface area contributed by atoms with Gasteiger partial charge in [0.15, 0.2) is 11.6 Å². The van der Waals surface area contributed by atoms with Gasteiger partial charge < -0.3 is 19.7 Å². The van der Waals surface area contributed by atoms with Gasteiger partial charge in [-0.1, -0.05) is 72.8 Å². The van der Waals surface area contributed by atoms with Gasteiger partial charge in [0.2, 0.25) is 11.9 Å². The van der Waals surface area contributed by atoms with E-state index in [1.54, 1.807) is 11.8 Å². The molecule has 0 radical (unpaired) electrons. The summed E-state index contributed by atoms with van der Waals surface area (Å²) in [4.78, 5) is 11.4. The second-order valence-electron chi connectivity index (χ2n) is 10.8. The highest BCUT2D eigenvalue weighted by Gasteiger charge is 2.17. The van der Waals surface area contributed by atoms with E-state index >= 15 is 0 Å². The normalized spacial score (nSPS) is 13.0. The smallest absolute Gasteiger partial charge is 0.225 e. The molecule has 0 aliphatic carbocycles. The molecule has 6 rings (SSSR count). The Labute approximate surface area is 265 Å². The standard InChI is InChI=1S/C19H20N4O.C16H22N4O/c1-23-19(20-16-11-7-12-17(14-16)24-2)21-18(22-23)13-6-10-15-8-4-3-5-9-15;1-19-16(20-10-12-21-13-11-20)17-15(18-19)9-5-8-14-6-3-2-4-7-14/h3-9,11-14H,10H2,1-2H3,(H,20,21,22);2-4,6-7H,5,8-13H2,1H3/b13-6+;. The zero-order valence-corrected chi connectivity index (χ0v) is 26.3. The monoisotopic (exact) mass is 606 g/mol. The molecule has 234 valence electrons. The van der Waals surface area contributed by atoms with Crippen LogP contribution in [-0.4, -0.2) is 62.9 Å². The summed E-state index contributed by atoms with van der Waals surface area (Å²) in [7, 11) is 5.49. The molecule has 1 saturated heterocycles. The van der Waals surface area contributed by atoms with Crippen LogP contribution in [0.15, 0.2) is 91.0 Å². The van der Waals surface area contributed by atoms with Crippen molar-refractivity contribution in [2.45, 2.75) is 25.7 Å². The Bertz CT molecular complexity index is 1630. The zero-order chi connectivity index (χ0) is 31.3. The van der Waals surface area contributed by atoms with Gasteiger partial charge in [-0.3, -0.25) is 0 Å². The Hall–Kier alpha value is -4.96. The maximum atomic E-state index is 5.38. The molecule has 1 aliphatic rings. The molecular formula is C35H42N8O2. The first kappa shape index (κ1) is 31.5.